The lowest BCUT2D eigenvalue weighted by molar-refractivity contribution is 0.887. The van der Waals surface area contributed by atoms with E-state index in [1.54, 1.807) is 0 Å². The molecular weight excluding hydrogens is 345 g/mol. The zero-order valence-corrected chi connectivity index (χ0v) is 15.5. The molecule has 1 saturated heterocycles. The van der Waals surface area contributed by atoms with E-state index in [0.29, 0.717) is 6.54 Å². The lowest BCUT2D eigenvalue weighted by Crippen LogP contribution is -2.21. The third kappa shape index (κ3) is 5.23. The molecule has 7 heteroatoms. The molecule has 2 heterocycles. The largest absolute Gasteiger partial charge is 0.366 e. The summed E-state index contributed by atoms with van der Waals surface area (Å²) in [6.45, 7) is 5.47. The molecule has 0 atom stereocenters. The third-order valence-corrected chi connectivity index (χ3v) is 3.96. The summed E-state index contributed by atoms with van der Waals surface area (Å²) >= 11 is 0. The van der Waals surface area contributed by atoms with Gasteiger partial charge in [-0.1, -0.05) is 24.3 Å². The predicted molar refractivity (Wildman–Crippen MR) is 104 cm³/mol. The molecule has 2 aromatic rings. The molecular formula is C17H25Cl2N5. The molecule has 0 radical (unpaired) electrons. The van der Waals surface area contributed by atoms with Crippen molar-refractivity contribution in [3.8, 4) is 0 Å². The van der Waals surface area contributed by atoms with Crippen LogP contribution < -0.4 is 16.0 Å². The Morgan fingerprint density at radius 2 is 1.67 bits per heavy atom. The minimum Gasteiger partial charge on any atom is -0.366 e. The van der Waals surface area contributed by atoms with Crippen molar-refractivity contribution in [2.75, 3.05) is 23.3 Å². The van der Waals surface area contributed by atoms with Gasteiger partial charge in [-0.25, -0.2) is 4.98 Å². The molecule has 0 aliphatic carbocycles. The van der Waals surface area contributed by atoms with Gasteiger partial charge in [-0.3, -0.25) is 0 Å². The van der Waals surface area contributed by atoms with Gasteiger partial charge in [-0.05, 0) is 30.9 Å². The predicted octanol–water partition coefficient (Wildman–Crippen LogP) is 3.30. The van der Waals surface area contributed by atoms with E-state index in [1.165, 1.54) is 18.4 Å². The number of aryl methyl sites for hydroxylation is 1. The summed E-state index contributed by atoms with van der Waals surface area (Å²) in [5.41, 5.74) is 8.99. The Labute approximate surface area is 155 Å². The first-order chi connectivity index (χ1) is 10.7. The summed E-state index contributed by atoms with van der Waals surface area (Å²) in [5, 5.41) is 3.39. The fourth-order valence-corrected chi connectivity index (χ4v) is 2.69. The van der Waals surface area contributed by atoms with Crippen molar-refractivity contribution in [3.05, 3.63) is 47.2 Å². The maximum Gasteiger partial charge on any atom is 0.227 e. The Morgan fingerprint density at radius 3 is 2.29 bits per heavy atom. The zero-order chi connectivity index (χ0) is 15.4. The topological polar surface area (TPSA) is 67.1 Å². The summed E-state index contributed by atoms with van der Waals surface area (Å²) < 4.78 is 0. The van der Waals surface area contributed by atoms with Crippen molar-refractivity contribution in [2.45, 2.75) is 32.9 Å². The lowest BCUT2D eigenvalue weighted by Gasteiger charge is -2.17. The van der Waals surface area contributed by atoms with E-state index in [1.807, 2.05) is 13.0 Å². The molecule has 24 heavy (non-hydrogen) atoms. The molecule has 3 N–H and O–H groups in total. The monoisotopic (exact) mass is 369 g/mol. The summed E-state index contributed by atoms with van der Waals surface area (Å²) in [7, 11) is 0. The fraction of sp³-hybridized carbons (Fsp3) is 0.412. The Morgan fingerprint density at radius 1 is 1.04 bits per heavy atom. The third-order valence-electron chi connectivity index (χ3n) is 3.96. The maximum atomic E-state index is 5.62. The summed E-state index contributed by atoms with van der Waals surface area (Å²) in [6, 6.07) is 10.3. The van der Waals surface area contributed by atoms with Gasteiger partial charge in [0.15, 0.2) is 0 Å². The summed E-state index contributed by atoms with van der Waals surface area (Å²) in [4.78, 5) is 11.5. The van der Waals surface area contributed by atoms with Crippen LogP contribution in [0.15, 0.2) is 30.3 Å². The Kier molecular flexibility index (Phi) is 8.25. The van der Waals surface area contributed by atoms with Crippen molar-refractivity contribution in [2.24, 2.45) is 5.73 Å². The molecule has 0 amide bonds. The second kappa shape index (κ2) is 9.67. The number of rotatable bonds is 5. The highest BCUT2D eigenvalue weighted by Crippen LogP contribution is 2.19. The van der Waals surface area contributed by atoms with Crippen molar-refractivity contribution in [1.82, 2.24) is 9.97 Å². The molecule has 3 rings (SSSR count). The van der Waals surface area contributed by atoms with Gasteiger partial charge in [0.25, 0.3) is 0 Å². The van der Waals surface area contributed by atoms with Crippen LogP contribution in [0.3, 0.4) is 0 Å². The number of nitrogens with one attached hydrogen (secondary N) is 1. The molecule has 1 aliphatic rings. The fourth-order valence-electron chi connectivity index (χ4n) is 2.69. The average molecular weight is 370 g/mol. The Bertz CT molecular complexity index is 627. The van der Waals surface area contributed by atoms with Crippen LogP contribution >= 0.6 is 24.8 Å². The highest BCUT2D eigenvalue weighted by atomic mass is 35.5. The average Bonchev–Trinajstić information content (AvgIpc) is 3.07. The van der Waals surface area contributed by atoms with Gasteiger partial charge in [-0.2, -0.15) is 4.98 Å². The van der Waals surface area contributed by atoms with Crippen molar-refractivity contribution in [3.63, 3.8) is 0 Å². The van der Waals surface area contributed by atoms with Crippen molar-refractivity contribution < 1.29 is 0 Å². The molecule has 1 fully saturated rings. The first kappa shape index (κ1) is 20.5. The van der Waals surface area contributed by atoms with Crippen LogP contribution in [0.4, 0.5) is 11.8 Å². The SMILES string of the molecule is Cc1cc(NCc2ccc(CN)cc2)nc(N2CCCC2)n1.Cl.Cl. The van der Waals surface area contributed by atoms with Crippen molar-refractivity contribution in [1.29, 1.82) is 0 Å². The second-order valence-electron chi connectivity index (χ2n) is 5.76. The van der Waals surface area contributed by atoms with E-state index in [9.17, 15) is 0 Å². The number of hydrogen-bond donors (Lipinski definition) is 2. The highest BCUT2D eigenvalue weighted by molar-refractivity contribution is 5.85. The van der Waals surface area contributed by atoms with E-state index in [-0.39, 0.29) is 24.8 Å². The van der Waals surface area contributed by atoms with Gasteiger partial charge in [0.05, 0.1) is 0 Å². The number of nitrogens with zero attached hydrogens (tertiary/aromatic N) is 3. The Hall–Kier alpha value is -1.56. The van der Waals surface area contributed by atoms with Gasteiger partial charge in [0.2, 0.25) is 5.95 Å². The first-order valence-electron chi connectivity index (χ1n) is 7.87. The van der Waals surface area contributed by atoms with Crippen LogP contribution in [0.2, 0.25) is 0 Å². The normalized spacial score (nSPS) is 13.2. The Balaban J connectivity index is 0.00000144. The summed E-state index contributed by atoms with van der Waals surface area (Å²) in [6.07, 6.45) is 2.46. The first-order valence-corrected chi connectivity index (χ1v) is 7.87. The number of halogens is 2. The van der Waals surface area contributed by atoms with Crippen LogP contribution in [0.5, 0.6) is 0 Å². The van der Waals surface area contributed by atoms with E-state index < -0.39 is 0 Å². The van der Waals surface area contributed by atoms with E-state index in [2.05, 4.69) is 44.5 Å². The van der Waals surface area contributed by atoms with Crippen LogP contribution in [0, 0.1) is 6.92 Å². The zero-order valence-electron chi connectivity index (χ0n) is 13.9. The van der Waals surface area contributed by atoms with Crippen LogP contribution in [-0.2, 0) is 13.1 Å². The number of anilines is 2. The lowest BCUT2D eigenvalue weighted by atomic mass is 10.1. The summed E-state index contributed by atoms with van der Waals surface area (Å²) in [5.74, 6) is 1.73. The number of hydrogen-bond acceptors (Lipinski definition) is 5. The molecule has 0 bridgehead atoms. The van der Waals surface area contributed by atoms with E-state index in [4.69, 9.17) is 5.73 Å². The molecule has 132 valence electrons. The second-order valence-corrected chi connectivity index (χ2v) is 5.76. The molecule has 1 aromatic carbocycles. The minimum atomic E-state index is 0. The molecule has 0 unspecified atom stereocenters. The number of nitrogens with two attached hydrogens (primary N) is 1. The molecule has 1 aliphatic heterocycles. The quantitative estimate of drug-likeness (QED) is 0.845. The molecule has 0 spiro atoms. The minimum absolute atomic E-state index is 0. The van der Waals surface area contributed by atoms with E-state index >= 15 is 0 Å². The van der Waals surface area contributed by atoms with Gasteiger partial charge >= 0.3 is 0 Å². The van der Waals surface area contributed by atoms with E-state index in [0.717, 1.165) is 42.7 Å². The van der Waals surface area contributed by atoms with Gasteiger partial charge in [0, 0.05) is 37.9 Å². The standard InChI is InChI=1S/C17H23N5.2ClH/c1-13-10-16(21-17(20-13)22-8-2-3-9-22)19-12-15-6-4-14(11-18)5-7-15;;/h4-7,10H,2-3,8-9,11-12,18H2,1H3,(H,19,20,21);2*1H. The van der Waals surface area contributed by atoms with Crippen LogP contribution in [0.25, 0.3) is 0 Å². The number of benzene rings is 1. The molecule has 0 saturated carbocycles. The smallest absolute Gasteiger partial charge is 0.227 e. The molecule has 5 nitrogen and oxygen atoms in total. The van der Waals surface area contributed by atoms with Gasteiger partial charge in [0.1, 0.15) is 5.82 Å². The highest BCUT2D eigenvalue weighted by Gasteiger charge is 2.15. The molecule has 1 aromatic heterocycles. The maximum absolute atomic E-state index is 5.62. The number of aromatic nitrogens is 2. The van der Waals surface area contributed by atoms with Crippen LogP contribution in [0.1, 0.15) is 29.7 Å². The van der Waals surface area contributed by atoms with Gasteiger partial charge in [-0.15, -0.1) is 24.8 Å². The van der Waals surface area contributed by atoms with Crippen LogP contribution in [-0.4, -0.2) is 23.1 Å². The van der Waals surface area contributed by atoms with Gasteiger partial charge < -0.3 is 16.0 Å². The van der Waals surface area contributed by atoms with Crippen molar-refractivity contribution >= 4 is 36.6 Å².